The molecule has 102 valence electrons. The Balaban J connectivity index is 2.32. The van der Waals surface area contributed by atoms with E-state index in [0.717, 1.165) is 21.8 Å². The van der Waals surface area contributed by atoms with Crippen LogP contribution in [0.15, 0.2) is 42.5 Å². The number of carboxylic acids is 1. The van der Waals surface area contributed by atoms with E-state index >= 15 is 0 Å². The van der Waals surface area contributed by atoms with Gasteiger partial charge in [-0.05, 0) is 59.0 Å². The van der Waals surface area contributed by atoms with Gasteiger partial charge in [0.25, 0.3) is 5.91 Å². The molecule has 0 aliphatic rings. The number of carbonyl (C=O) groups is 2. The highest BCUT2D eigenvalue weighted by Crippen LogP contribution is 2.19. The van der Waals surface area contributed by atoms with Crippen LogP contribution in [0.4, 0.5) is 10.1 Å². The number of aromatic carboxylic acids is 1. The first-order valence-corrected chi connectivity index (χ1v) is 6.65. The lowest BCUT2D eigenvalue weighted by atomic mass is 10.1. The van der Waals surface area contributed by atoms with Crippen molar-refractivity contribution in [3.63, 3.8) is 0 Å². The maximum absolute atomic E-state index is 13.2. The van der Waals surface area contributed by atoms with Crippen LogP contribution in [0.1, 0.15) is 20.7 Å². The Bertz CT molecular complexity index is 688. The second kappa shape index (κ2) is 6.00. The van der Waals surface area contributed by atoms with Crippen molar-refractivity contribution in [2.45, 2.75) is 0 Å². The molecular formula is C14H9FINO3. The largest absolute Gasteiger partial charge is 0.478 e. The fourth-order valence-corrected chi connectivity index (χ4v) is 2.17. The third kappa shape index (κ3) is 3.32. The summed E-state index contributed by atoms with van der Waals surface area (Å²) in [5.41, 5.74) is 0.143. The number of carbonyl (C=O) groups excluding carboxylic acids is 1. The zero-order valence-electron chi connectivity index (χ0n) is 10.1. The van der Waals surface area contributed by atoms with Gasteiger partial charge in [0.15, 0.2) is 0 Å². The molecule has 20 heavy (non-hydrogen) atoms. The van der Waals surface area contributed by atoms with Gasteiger partial charge in [-0.15, -0.1) is 0 Å². The van der Waals surface area contributed by atoms with Gasteiger partial charge in [-0.1, -0.05) is 6.07 Å². The maximum Gasteiger partial charge on any atom is 0.337 e. The smallest absolute Gasteiger partial charge is 0.337 e. The average Bonchev–Trinajstić information content (AvgIpc) is 2.38. The minimum absolute atomic E-state index is 0.0682. The lowest BCUT2D eigenvalue weighted by Gasteiger charge is -2.09. The highest BCUT2D eigenvalue weighted by atomic mass is 127. The molecule has 2 N–H and O–H groups in total. The van der Waals surface area contributed by atoms with Crippen molar-refractivity contribution >= 4 is 40.2 Å². The number of hydrogen-bond donors (Lipinski definition) is 2. The summed E-state index contributed by atoms with van der Waals surface area (Å²) in [4.78, 5) is 23.1. The number of carboxylic acid groups (broad SMARTS) is 1. The molecule has 2 aromatic rings. The van der Waals surface area contributed by atoms with E-state index in [2.05, 4.69) is 27.9 Å². The van der Waals surface area contributed by atoms with E-state index in [4.69, 9.17) is 5.11 Å². The summed E-state index contributed by atoms with van der Waals surface area (Å²) in [5.74, 6) is -2.34. The van der Waals surface area contributed by atoms with Gasteiger partial charge in [0.05, 0.1) is 11.3 Å². The molecule has 0 saturated heterocycles. The quantitative estimate of drug-likeness (QED) is 0.797. The van der Waals surface area contributed by atoms with E-state index in [0.29, 0.717) is 5.56 Å². The Hall–Kier alpha value is -1.96. The van der Waals surface area contributed by atoms with Gasteiger partial charge in [0.1, 0.15) is 5.82 Å². The third-order valence-corrected chi connectivity index (χ3v) is 3.22. The van der Waals surface area contributed by atoms with Crippen molar-refractivity contribution in [3.05, 3.63) is 63.0 Å². The SMILES string of the molecule is O=C(Nc1cc(F)ccc1C(=O)O)c1cccc(I)c1. The van der Waals surface area contributed by atoms with Crippen molar-refractivity contribution in [1.29, 1.82) is 0 Å². The summed E-state index contributed by atoms with van der Waals surface area (Å²) in [6.45, 7) is 0. The average molecular weight is 385 g/mol. The molecule has 0 spiro atoms. The second-order valence-corrected chi connectivity index (χ2v) is 5.21. The molecule has 0 atom stereocenters. The summed E-state index contributed by atoms with van der Waals surface area (Å²) < 4.78 is 14.1. The second-order valence-electron chi connectivity index (χ2n) is 3.96. The van der Waals surface area contributed by atoms with Gasteiger partial charge in [-0.25, -0.2) is 9.18 Å². The van der Waals surface area contributed by atoms with Crippen LogP contribution in [-0.2, 0) is 0 Å². The predicted octanol–water partition coefficient (Wildman–Crippen LogP) is 3.38. The Morgan fingerprint density at radius 3 is 2.55 bits per heavy atom. The molecule has 0 unspecified atom stereocenters. The van der Waals surface area contributed by atoms with Gasteiger partial charge in [-0.2, -0.15) is 0 Å². The van der Waals surface area contributed by atoms with Gasteiger partial charge in [0.2, 0.25) is 0 Å². The van der Waals surface area contributed by atoms with Crippen LogP contribution in [0.3, 0.4) is 0 Å². The molecule has 0 radical (unpaired) electrons. The molecule has 0 aromatic heterocycles. The first-order chi connectivity index (χ1) is 9.47. The summed E-state index contributed by atoms with van der Waals surface area (Å²) in [6, 6.07) is 9.90. The van der Waals surface area contributed by atoms with Crippen LogP contribution in [0.25, 0.3) is 0 Å². The number of rotatable bonds is 3. The lowest BCUT2D eigenvalue weighted by Crippen LogP contribution is -2.15. The van der Waals surface area contributed by atoms with Crippen LogP contribution >= 0.6 is 22.6 Å². The zero-order valence-corrected chi connectivity index (χ0v) is 12.2. The third-order valence-electron chi connectivity index (χ3n) is 2.55. The van der Waals surface area contributed by atoms with Crippen LogP contribution in [0, 0.1) is 9.39 Å². The molecule has 0 aliphatic heterocycles. The van der Waals surface area contributed by atoms with E-state index in [1.165, 1.54) is 0 Å². The van der Waals surface area contributed by atoms with E-state index in [-0.39, 0.29) is 11.3 Å². The summed E-state index contributed by atoms with van der Waals surface area (Å²) in [6.07, 6.45) is 0. The van der Waals surface area contributed by atoms with Crippen molar-refractivity contribution in [2.75, 3.05) is 5.32 Å². The molecule has 4 nitrogen and oxygen atoms in total. The summed E-state index contributed by atoms with van der Waals surface area (Å²) in [7, 11) is 0. The molecule has 0 heterocycles. The molecule has 0 fully saturated rings. The first kappa shape index (κ1) is 14.4. The number of hydrogen-bond acceptors (Lipinski definition) is 2. The van der Waals surface area contributed by atoms with E-state index in [9.17, 15) is 14.0 Å². The highest BCUT2D eigenvalue weighted by molar-refractivity contribution is 14.1. The Kier molecular flexibility index (Phi) is 4.33. The summed E-state index contributed by atoms with van der Waals surface area (Å²) in [5, 5.41) is 11.4. The molecule has 2 aromatic carbocycles. The molecule has 2 rings (SSSR count). The topological polar surface area (TPSA) is 66.4 Å². The number of anilines is 1. The minimum Gasteiger partial charge on any atom is -0.478 e. The highest BCUT2D eigenvalue weighted by Gasteiger charge is 2.14. The normalized spacial score (nSPS) is 10.1. The fourth-order valence-electron chi connectivity index (χ4n) is 1.63. The van der Waals surface area contributed by atoms with E-state index < -0.39 is 17.7 Å². The van der Waals surface area contributed by atoms with Crippen molar-refractivity contribution < 1.29 is 19.1 Å². The number of halogens is 2. The molecule has 0 saturated carbocycles. The van der Waals surface area contributed by atoms with Gasteiger partial charge in [-0.3, -0.25) is 4.79 Å². The number of amides is 1. The number of nitrogens with one attached hydrogen (secondary N) is 1. The van der Waals surface area contributed by atoms with E-state index in [1.807, 2.05) is 6.07 Å². The number of benzene rings is 2. The maximum atomic E-state index is 13.2. The molecular weight excluding hydrogens is 376 g/mol. The van der Waals surface area contributed by atoms with Crippen LogP contribution in [-0.4, -0.2) is 17.0 Å². The van der Waals surface area contributed by atoms with E-state index in [1.54, 1.807) is 18.2 Å². The monoisotopic (exact) mass is 385 g/mol. The Morgan fingerprint density at radius 1 is 1.15 bits per heavy atom. The van der Waals surface area contributed by atoms with Gasteiger partial charge < -0.3 is 10.4 Å². The molecule has 6 heteroatoms. The predicted molar refractivity (Wildman–Crippen MR) is 80.5 cm³/mol. The Morgan fingerprint density at radius 2 is 1.90 bits per heavy atom. The lowest BCUT2D eigenvalue weighted by molar-refractivity contribution is 0.0698. The summed E-state index contributed by atoms with van der Waals surface area (Å²) >= 11 is 2.06. The molecule has 0 aliphatic carbocycles. The van der Waals surface area contributed by atoms with Crippen molar-refractivity contribution in [1.82, 2.24) is 0 Å². The fraction of sp³-hybridized carbons (Fsp3) is 0. The first-order valence-electron chi connectivity index (χ1n) is 5.57. The van der Waals surface area contributed by atoms with Gasteiger partial charge >= 0.3 is 5.97 Å². The standard InChI is InChI=1S/C14H9FINO3/c15-9-4-5-11(14(19)20)12(7-9)17-13(18)8-2-1-3-10(16)6-8/h1-7H,(H,17,18)(H,19,20). The zero-order chi connectivity index (χ0) is 14.7. The van der Waals surface area contributed by atoms with Crippen LogP contribution in [0.2, 0.25) is 0 Å². The van der Waals surface area contributed by atoms with Crippen molar-refractivity contribution in [2.24, 2.45) is 0 Å². The minimum atomic E-state index is -1.23. The Labute approximate surface area is 127 Å². The van der Waals surface area contributed by atoms with Crippen LogP contribution < -0.4 is 5.32 Å². The van der Waals surface area contributed by atoms with Crippen molar-refractivity contribution in [3.8, 4) is 0 Å². The van der Waals surface area contributed by atoms with Gasteiger partial charge in [0, 0.05) is 9.13 Å². The van der Waals surface area contributed by atoms with Crippen LogP contribution in [0.5, 0.6) is 0 Å². The molecule has 1 amide bonds. The molecule has 0 bridgehead atoms.